The van der Waals surface area contributed by atoms with Crippen molar-refractivity contribution in [2.75, 3.05) is 4.90 Å². The molecule has 0 aliphatic carbocycles. The van der Waals surface area contributed by atoms with E-state index < -0.39 is 17.7 Å². The topological polar surface area (TPSA) is 66.7 Å². The molecule has 2 aromatic carbocycles. The van der Waals surface area contributed by atoms with Crippen LogP contribution in [0.15, 0.2) is 65.7 Å². The maximum absolute atomic E-state index is 13.0. The minimum Gasteiger partial charge on any atom is -0.319 e. The first-order valence-corrected chi connectivity index (χ1v) is 10.3. The van der Waals surface area contributed by atoms with Gasteiger partial charge in [0.05, 0.1) is 11.4 Å². The third-order valence-electron chi connectivity index (χ3n) is 5.25. The molecule has 1 atom stereocenters. The molecule has 1 fully saturated rings. The number of carbonyl (C=O) groups is 2. The molecule has 1 saturated heterocycles. The Morgan fingerprint density at radius 2 is 1.45 bits per heavy atom. The Kier molecular flexibility index (Phi) is 5.52. The van der Waals surface area contributed by atoms with E-state index in [0.29, 0.717) is 11.4 Å². The van der Waals surface area contributed by atoms with E-state index in [4.69, 9.17) is 12.2 Å². The molecule has 7 heteroatoms. The van der Waals surface area contributed by atoms with Gasteiger partial charge in [-0.05, 0) is 81.5 Å². The number of nitrogens with one attached hydrogen (secondary N) is 1. The van der Waals surface area contributed by atoms with E-state index in [9.17, 15) is 9.59 Å². The average molecular weight is 431 g/mol. The Bertz CT molecular complexity index is 1170. The summed E-state index contributed by atoms with van der Waals surface area (Å²) in [6.45, 7) is 6.06. The lowest BCUT2D eigenvalue weighted by Gasteiger charge is -2.30. The van der Waals surface area contributed by atoms with Crippen molar-refractivity contribution >= 4 is 46.7 Å². The number of thiocarbonyl (C=S) groups is 1. The van der Waals surface area contributed by atoms with Gasteiger partial charge >= 0.3 is 0 Å². The summed E-state index contributed by atoms with van der Waals surface area (Å²) in [5.74, 6) is -1.95. The number of amides is 2. The van der Waals surface area contributed by atoms with Gasteiger partial charge < -0.3 is 9.88 Å². The second-order valence-corrected chi connectivity index (χ2v) is 7.91. The Morgan fingerprint density at radius 3 is 2.06 bits per heavy atom. The number of aromatic nitrogens is 1. The summed E-state index contributed by atoms with van der Waals surface area (Å²) in [5.41, 5.74) is 5.65. The van der Waals surface area contributed by atoms with Crippen LogP contribution in [-0.2, 0) is 9.59 Å². The quantitative estimate of drug-likeness (QED) is 0.384. The van der Waals surface area contributed by atoms with Gasteiger partial charge in [-0.15, -0.1) is 0 Å². The number of anilines is 1. The first-order chi connectivity index (χ1) is 14.8. The molecule has 0 bridgehead atoms. The molecule has 0 saturated carbocycles. The van der Waals surface area contributed by atoms with Gasteiger partial charge in [-0.3, -0.25) is 19.5 Å². The fourth-order valence-corrected chi connectivity index (χ4v) is 3.88. The minimum atomic E-state index is -1.05. The molecule has 1 N–H and O–H groups in total. The maximum atomic E-state index is 13.0. The summed E-state index contributed by atoms with van der Waals surface area (Å²) < 4.78 is 2.14. The average Bonchev–Trinajstić information content (AvgIpc) is 3.07. The monoisotopic (exact) mass is 430 g/mol. The third kappa shape index (κ3) is 4.04. The van der Waals surface area contributed by atoms with Crippen LogP contribution in [0.2, 0.25) is 0 Å². The molecule has 31 heavy (non-hydrogen) atoms. The second kappa shape index (κ2) is 8.28. The van der Waals surface area contributed by atoms with Gasteiger partial charge in [0, 0.05) is 23.3 Å². The summed E-state index contributed by atoms with van der Waals surface area (Å²) in [4.78, 5) is 31.2. The van der Waals surface area contributed by atoms with Crippen molar-refractivity contribution in [1.82, 2.24) is 9.88 Å². The fourth-order valence-electron chi connectivity index (χ4n) is 3.58. The third-order valence-corrected chi connectivity index (χ3v) is 5.53. The maximum Gasteiger partial charge on any atom is 0.251 e. The highest BCUT2D eigenvalue weighted by Gasteiger charge is 2.38. The first-order valence-electron chi connectivity index (χ1n) is 9.90. The predicted octanol–water partition coefficient (Wildman–Crippen LogP) is 4.17. The highest BCUT2D eigenvalue weighted by atomic mass is 32.1. The van der Waals surface area contributed by atoms with Crippen molar-refractivity contribution in [3.05, 3.63) is 77.6 Å². The van der Waals surface area contributed by atoms with Gasteiger partial charge in [-0.2, -0.15) is 0 Å². The van der Waals surface area contributed by atoms with Crippen molar-refractivity contribution in [3.63, 3.8) is 0 Å². The number of aryl methyl sites for hydroxylation is 3. The number of nitrogens with zero attached hydrogens (tertiary/aromatic N) is 3. The summed E-state index contributed by atoms with van der Waals surface area (Å²) in [5, 5.41) is 2.68. The highest BCUT2D eigenvalue weighted by molar-refractivity contribution is 7.80. The number of rotatable bonds is 4. The molecule has 0 spiro atoms. The molecule has 2 amide bonds. The largest absolute Gasteiger partial charge is 0.319 e. The molecule has 3 aromatic rings. The van der Waals surface area contributed by atoms with Crippen molar-refractivity contribution < 1.29 is 9.59 Å². The standard InChI is InChI=1S/C24H22N4O2S/c1-15-4-10-20(11-5-15)28-23(30)21(22(29)26-24(28)31)14-25-18-8-12-19(13-9-18)27-16(2)6-7-17(27)3/h4-14,21H,1-3H3,(H,26,29,31)/t21-/m0/s1. The van der Waals surface area contributed by atoms with Gasteiger partial charge in [0.2, 0.25) is 5.91 Å². The highest BCUT2D eigenvalue weighted by Crippen LogP contribution is 2.23. The van der Waals surface area contributed by atoms with Crippen LogP contribution in [0.5, 0.6) is 0 Å². The van der Waals surface area contributed by atoms with Gasteiger partial charge in [0.1, 0.15) is 0 Å². The first kappa shape index (κ1) is 20.7. The van der Waals surface area contributed by atoms with Gasteiger partial charge in [0.15, 0.2) is 11.0 Å². The van der Waals surface area contributed by atoms with E-state index in [0.717, 1.165) is 22.6 Å². The summed E-state index contributed by atoms with van der Waals surface area (Å²) in [6.07, 6.45) is 1.38. The molecule has 6 nitrogen and oxygen atoms in total. The van der Waals surface area contributed by atoms with E-state index >= 15 is 0 Å². The van der Waals surface area contributed by atoms with E-state index in [2.05, 4.69) is 40.9 Å². The van der Waals surface area contributed by atoms with E-state index in [1.807, 2.05) is 43.3 Å². The van der Waals surface area contributed by atoms with Crippen LogP contribution < -0.4 is 10.2 Å². The fraction of sp³-hybridized carbons (Fsp3) is 0.167. The van der Waals surface area contributed by atoms with Gasteiger partial charge in [0.25, 0.3) is 5.91 Å². The Balaban J connectivity index is 1.56. The molecular formula is C24H22N4O2S. The van der Waals surface area contributed by atoms with E-state index in [1.165, 1.54) is 11.1 Å². The Labute approximate surface area is 186 Å². The Hall–Kier alpha value is -3.58. The van der Waals surface area contributed by atoms with Crippen LogP contribution in [0.4, 0.5) is 11.4 Å². The van der Waals surface area contributed by atoms with Crippen LogP contribution in [-0.4, -0.2) is 27.7 Å². The number of aliphatic imine (C=N–C) groups is 1. The van der Waals surface area contributed by atoms with Crippen molar-refractivity contribution in [3.8, 4) is 5.69 Å². The van der Waals surface area contributed by atoms with Crippen molar-refractivity contribution in [1.29, 1.82) is 0 Å². The number of hydrogen-bond acceptors (Lipinski definition) is 4. The zero-order valence-corrected chi connectivity index (χ0v) is 18.3. The summed E-state index contributed by atoms with van der Waals surface area (Å²) in [7, 11) is 0. The summed E-state index contributed by atoms with van der Waals surface area (Å²) >= 11 is 5.23. The molecule has 0 radical (unpaired) electrons. The molecule has 2 heterocycles. The van der Waals surface area contributed by atoms with Gasteiger partial charge in [-0.25, -0.2) is 0 Å². The van der Waals surface area contributed by atoms with E-state index in [1.54, 1.807) is 12.1 Å². The van der Waals surface area contributed by atoms with Crippen LogP contribution in [0, 0.1) is 26.7 Å². The molecule has 156 valence electrons. The number of hydrogen-bond donors (Lipinski definition) is 1. The lowest BCUT2D eigenvalue weighted by atomic mass is 10.1. The van der Waals surface area contributed by atoms with Crippen LogP contribution in [0.25, 0.3) is 5.69 Å². The molecule has 0 unspecified atom stereocenters. The normalized spacial score (nSPS) is 16.8. The molecule has 1 aliphatic rings. The molecule has 1 aliphatic heterocycles. The van der Waals surface area contributed by atoms with Crippen molar-refractivity contribution in [2.45, 2.75) is 20.8 Å². The molecule has 4 rings (SSSR count). The molecular weight excluding hydrogens is 408 g/mol. The lowest BCUT2D eigenvalue weighted by Crippen LogP contribution is -2.58. The predicted molar refractivity (Wildman–Crippen MR) is 126 cm³/mol. The zero-order chi connectivity index (χ0) is 22.1. The Morgan fingerprint density at radius 1 is 0.871 bits per heavy atom. The minimum absolute atomic E-state index is 0.0744. The zero-order valence-electron chi connectivity index (χ0n) is 17.5. The SMILES string of the molecule is Cc1ccc(N2C(=O)[C@@H](C=Nc3ccc(-n4c(C)ccc4C)cc3)C(=O)NC2=S)cc1. The van der Waals surface area contributed by atoms with E-state index in [-0.39, 0.29) is 5.11 Å². The number of benzene rings is 2. The number of carbonyl (C=O) groups excluding carboxylic acids is 2. The van der Waals surface area contributed by atoms with Crippen LogP contribution >= 0.6 is 12.2 Å². The smallest absolute Gasteiger partial charge is 0.251 e. The van der Waals surface area contributed by atoms with Crippen LogP contribution in [0.1, 0.15) is 17.0 Å². The summed E-state index contributed by atoms with van der Waals surface area (Å²) in [6, 6.07) is 19.2. The lowest BCUT2D eigenvalue weighted by molar-refractivity contribution is -0.130. The van der Waals surface area contributed by atoms with Gasteiger partial charge in [-0.1, -0.05) is 17.7 Å². The van der Waals surface area contributed by atoms with Crippen molar-refractivity contribution in [2.24, 2.45) is 10.9 Å². The van der Waals surface area contributed by atoms with Crippen LogP contribution in [0.3, 0.4) is 0 Å². The second-order valence-electron chi connectivity index (χ2n) is 7.53. The molecule has 1 aromatic heterocycles.